The Labute approximate surface area is 178 Å². The lowest BCUT2D eigenvalue weighted by molar-refractivity contribution is -0.0730. The lowest BCUT2D eigenvalue weighted by Gasteiger charge is -2.20. The van der Waals surface area contributed by atoms with Crippen LogP contribution in [0.5, 0.6) is 0 Å². The van der Waals surface area contributed by atoms with E-state index in [1.54, 1.807) is 0 Å². The summed E-state index contributed by atoms with van der Waals surface area (Å²) in [5.41, 5.74) is 0. The van der Waals surface area contributed by atoms with Crippen LogP contribution in [-0.4, -0.2) is 59.6 Å². The molecule has 0 bridgehead atoms. The van der Waals surface area contributed by atoms with Crippen LogP contribution in [0.1, 0.15) is 96.8 Å². The summed E-state index contributed by atoms with van der Waals surface area (Å²) in [6.07, 6.45) is 19.5. The van der Waals surface area contributed by atoms with E-state index in [2.05, 4.69) is 19.1 Å². The van der Waals surface area contributed by atoms with Gasteiger partial charge >= 0.3 is 0 Å². The van der Waals surface area contributed by atoms with Gasteiger partial charge in [0.1, 0.15) is 24.4 Å². The summed E-state index contributed by atoms with van der Waals surface area (Å²) in [5.74, 6) is 0. The molecule has 0 spiro atoms. The summed E-state index contributed by atoms with van der Waals surface area (Å²) in [5, 5.41) is 28.6. The van der Waals surface area contributed by atoms with E-state index < -0.39 is 31.0 Å². The first-order chi connectivity index (χ1) is 14.2. The molecule has 1 saturated heterocycles. The van der Waals surface area contributed by atoms with Crippen molar-refractivity contribution in [2.45, 2.75) is 121 Å². The van der Waals surface area contributed by atoms with E-state index in [1.165, 1.54) is 77.0 Å². The summed E-state index contributed by atoms with van der Waals surface area (Å²) in [6, 6.07) is 0. The minimum atomic E-state index is -1.05. The molecular weight excluding hydrogens is 368 g/mol. The van der Waals surface area contributed by atoms with Crippen LogP contribution in [0.2, 0.25) is 0 Å². The highest BCUT2D eigenvalue weighted by molar-refractivity contribution is 4.88. The van der Waals surface area contributed by atoms with Crippen molar-refractivity contribution in [1.29, 1.82) is 0 Å². The van der Waals surface area contributed by atoms with Crippen LogP contribution in [0.15, 0.2) is 12.2 Å². The first-order valence-corrected chi connectivity index (χ1v) is 12.1. The fourth-order valence-electron chi connectivity index (χ4n) is 3.80. The van der Waals surface area contributed by atoms with Crippen LogP contribution in [0.25, 0.3) is 0 Å². The van der Waals surface area contributed by atoms with Crippen LogP contribution in [0.4, 0.5) is 0 Å². The zero-order valence-electron chi connectivity index (χ0n) is 18.6. The number of allylic oxidation sites excluding steroid dienone is 2. The molecular formula is C24H46O5. The Hall–Kier alpha value is -0.460. The molecule has 0 aliphatic carbocycles. The first kappa shape index (κ1) is 26.6. The van der Waals surface area contributed by atoms with E-state index in [1.807, 2.05) is 0 Å². The quantitative estimate of drug-likeness (QED) is 0.214. The lowest BCUT2D eigenvalue weighted by atomic mass is 10.0. The minimum Gasteiger partial charge on any atom is -0.394 e. The average Bonchev–Trinajstić information content (AvgIpc) is 3.10. The second kappa shape index (κ2) is 18.3. The normalized spacial score (nSPS) is 23.2. The molecule has 29 heavy (non-hydrogen) atoms. The maximum absolute atomic E-state index is 10.1. The van der Waals surface area contributed by atoms with Crippen molar-refractivity contribution in [2.24, 2.45) is 0 Å². The van der Waals surface area contributed by atoms with Crippen molar-refractivity contribution in [3.05, 3.63) is 12.2 Å². The Morgan fingerprint density at radius 1 is 0.897 bits per heavy atom. The van der Waals surface area contributed by atoms with Gasteiger partial charge in [-0.2, -0.15) is 0 Å². The van der Waals surface area contributed by atoms with E-state index in [9.17, 15) is 10.2 Å². The molecule has 0 radical (unpaired) electrons. The second-order valence-electron chi connectivity index (χ2n) is 8.39. The van der Waals surface area contributed by atoms with Gasteiger partial charge in [-0.25, -0.2) is 0 Å². The zero-order chi connectivity index (χ0) is 21.2. The number of rotatable bonds is 19. The van der Waals surface area contributed by atoms with Gasteiger partial charge in [-0.1, -0.05) is 83.3 Å². The van der Waals surface area contributed by atoms with Gasteiger partial charge in [0.25, 0.3) is 0 Å². The van der Waals surface area contributed by atoms with Crippen molar-refractivity contribution < 1.29 is 24.8 Å². The van der Waals surface area contributed by atoms with Crippen molar-refractivity contribution >= 4 is 0 Å². The van der Waals surface area contributed by atoms with E-state index in [0.29, 0.717) is 6.61 Å². The molecule has 4 atom stereocenters. The van der Waals surface area contributed by atoms with Gasteiger partial charge in [-0.3, -0.25) is 0 Å². The fourth-order valence-corrected chi connectivity index (χ4v) is 3.80. The summed E-state index contributed by atoms with van der Waals surface area (Å²) in [4.78, 5) is 0. The smallest absolute Gasteiger partial charge is 0.114 e. The number of unbranched alkanes of at least 4 members (excludes halogenated alkanes) is 12. The molecule has 0 amide bonds. The van der Waals surface area contributed by atoms with Crippen molar-refractivity contribution in [3.63, 3.8) is 0 Å². The van der Waals surface area contributed by atoms with E-state index in [-0.39, 0.29) is 6.61 Å². The molecule has 0 unspecified atom stereocenters. The molecule has 5 nitrogen and oxygen atoms in total. The fraction of sp³-hybridized carbons (Fsp3) is 0.917. The highest BCUT2D eigenvalue weighted by atomic mass is 16.6. The highest BCUT2D eigenvalue weighted by Crippen LogP contribution is 2.20. The lowest BCUT2D eigenvalue weighted by Crippen LogP contribution is -2.41. The molecule has 0 saturated carbocycles. The number of hydrogen-bond acceptors (Lipinski definition) is 5. The molecule has 0 aromatic carbocycles. The van der Waals surface area contributed by atoms with Gasteiger partial charge in [0, 0.05) is 6.61 Å². The van der Waals surface area contributed by atoms with Crippen LogP contribution in [0, 0.1) is 0 Å². The van der Waals surface area contributed by atoms with Gasteiger partial charge in [-0.05, 0) is 25.7 Å². The number of aliphatic hydroxyl groups excluding tert-OH is 3. The summed E-state index contributed by atoms with van der Waals surface area (Å²) >= 11 is 0. The Morgan fingerprint density at radius 2 is 1.45 bits per heavy atom. The largest absolute Gasteiger partial charge is 0.394 e. The van der Waals surface area contributed by atoms with Crippen LogP contribution in [0.3, 0.4) is 0 Å². The molecule has 172 valence electrons. The van der Waals surface area contributed by atoms with Crippen molar-refractivity contribution in [2.75, 3.05) is 19.8 Å². The topological polar surface area (TPSA) is 79.2 Å². The Morgan fingerprint density at radius 3 is 2.03 bits per heavy atom. The monoisotopic (exact) mass is 414 g/mol. The van der Waals surface area contributed by atoms with Crippen LogP contribution in [-0.2, 0) is 9.47 Å². The molecule has 1 rings (SSSR count). The molecule has 5 heteroatoms. The highest BCUT2D eigenvalue weighted by Gasteiger charge is 2.40. The third kappa shape index (κ3) is 12.7. The molecule has 1 aliphatic heterocycles. The van der Waals surface area contributed by atoms with Gasteiger partial charge < -0.3 is 24.8 Å². The van der Waals surface area contributed by atoms with Crippen LogP contribution >= 0.6 is 0 Å². The number of aliphatic hydroxyl groups is 3. The summed E-state index contributed by atoms with van der Waals surface area (Å²) in [6.45, 7) is 2.70. The average molecular weight is 415 g/mol. The molecule has 1 aliphatic rings. The van der Waals surface area contributed by atoms with E-state index in [0.717, 1.165) is 12.8 Å². The van der Waals surface area contributed by atoms with Gasteiger partial charge in [0.2, 0.25) is 0 Å². The number of hydrogen-bond donors (Lipinski definition) is 3. The minimum absolute atomic E-state index is 0.276. The zero-order valence-corrected chi connectivity index (χ0v) is 18.6. The Bertz CT molecular complexity index is 387. The van der Waals surface area contributed by atoms with Crippen LogP contribution < -0.4 is 0 Å². The summed E-state index contributed by atoms with van der Waals surface area (Å²) in [7, 11) is 0. The molecule has 0 aromatic rings. The number of ether oxygens (including phenoxy) is 2. The van der Waals surface area contributed by atoms with E-state index in [4.69, 9.17) is 14.6 Å². The SMILES string of the molecule is CCC/C=C/CCCCCCCCCCCCCO[C@@H]1CO[C@H]([C@@H](O)CO)[C@@H]1O. The Kier molecular flexibility index (Phi) is 16.8. The van der Waals surface area contributed by atoms with E-state index >= 15 is 0 Å². The third-order valence-electron chi connectivity index (χ3n) is 5.71. The maximum atomic E-state index is 10.1. The molecule has 1 heterocycles. The van der Waals surface area contributed by atoms with Gasteiger partial charge in [0.15, 0.2) is 0 Å². The van der Waals surface area contributed by atoms with Crippen molar-refractivity contribution in [3.8, 4) is 0 Å². The third-order valence-corrected chi connectivity index (χ3v) is 5.71. The predicted molar refractivity (Wildman–Crippen MR) is 118 cm³/mol. The molecule has 3 N–H and O–H groups in total. The maximum Gasteiger partial charge on any atom is 0.114 e. The second-order valence-corrected chi connectivity index (χ2v) is 8.39. The molecule has 0 aromatic heterocycles. The van der Waals surface area contributed by atoms with Gasteiger partial charge in [0.05, 0.1) is 13.2 Å². The van der Waals surface area contributed by atoms with Gasteiger partial charge in [-0.15, -0.1) is 0 Å². The summed E-state index contributed by atoms with van der Waals surface area (Å²) < 4.78 is 11.0. The predicted octanol–water partition coefficient (Wildman–Crippen LogP) is 4.52. The standard InChI is InChI=1S/C24H46O5/c1-2-3-4-5-6-7-8-9-10-11-12-13-14-15-16-17-18-28-22-20-29-24(23(22)27)21(26)19-25/h4-5,21-27H,2-3,6-20H2,1H3/b5-4+/t21-,22+,23+,24+/m0/s1. The first-order valence-electron chi connectivity index (χ1n) is 12.1. The Balaban J connectivity index is 1.81. The van der Waals surface area contributed by atoms with Crippen molar-refractivity contribution in [1.82, 2.24) is 0 Å². The molecule has 1 fully saturated rings.